The van der Waals surface area contributed by atoms with Crippen molar-refractivity contribution in [2.45, 2.75) is 19.4 Å². The topological polar surface area (TPSA) is 88.1 Å². The molecule has 1 fully saturated rings. The summed E-state index contributed by atoms with van der Waals surface area (Å²) in [5.74, 6) is -2.05. The summed E-state index contributed by atoms with van der Waals surface area (Å²) in [7, 11) is 4.42. The van der Waals surface area contributed by atoms with Crippen LogP contribution in [0, 0.1) is 5.92 Å². The van der Waals surface area contributed by atoms with E-state index in [2.05, 4.69) is 0 Å². The fourth-order valence-corrected chi connectivity index (χ4v) is 2.64. The second kappa shape index (κ2) is 7.83. The molecule has 1 aliphatic rings. The molecule has 0 N–H and O–H groups in total. The van der Waals surface area contributed by atoms with Gasteiger partial charge in [0.15, 0.2) is 29.0 Å². The number of methoxy groups -OCH3 is 3. The summed E-state index contributed by atoms with van der Waals surface area (Å²) in [5.41, 5.74) is 0.540. The molecule has 0 spiro atoms. The van der Waals surface area contributed by atoms with Crippen LogP contribution < -0.4 is 14.2 Å². The minimum absolute atomic E-state index is 0.0374. The minimum atomic E-state index is -1.40. The third-order valence-electron chi connectivity index (χ3n) is 3.81. The van der Waals surface area contributed by atoms with E-state index in [1.807, 2.05) is 0 Å². The molecule has 1 aromatic carbocycles. The van der Waals surface area contributed by atoms with Crippen LogP contribution in [0.5, 0.6) is 17.2 Å². The summed E-state index contributed by atoms with van der Waals surface area (Å²) in [4.78, 5) is 36.0. The first-order valence-corrected chi connectivity index (χ1v) is 7.67. The lowest BCUT2D eigenvalue weighted by Gasteiger charge is -2.23. The Labute approximate surface area is 145 Å². The molecule has 0 radical (unpaired) electrons. The number of rotatable bonds is 6. The average molecular weight is 348 g/mol. The predicted molar refractivity (Wildman–Crippen MR) is 88.8 cm³/mol. The van der Waals surface area contributed by atoms with Gasteiger partial charge >= 0.3 is 5.97 Å². The number of carbonyl (C=O) groups excluding carboxylic acids is 3. The van der Waals surface area contributed by atoms with E-state index in [0.717, 1.165) is 0 Å². The van der Waals surface area contributed by atoms with Crippen LogP contribution in [0.3, 0.4) is 0 Å². The lowest BCUT2D eigenvalue weighted by Crippen LogP contribution is -2.41. The van der Waals surface area contributed by atoms with Gasteiger partial charge in [0.25, 0.3) is 0 Å². The lowest BCUT2D eigenvalue weighted by atomic mass is 9.92. The average Bonchev–Trinajstić information content (AvgIpc) is 2.57. The number of hydrogen-bond acceptors (Lipinski definition) is 7. The third kappa shape index (κ3) is 3.81. The van der Waals surface area contributed by atoms with E-state index in [-0.39, 0.29) is 6.42 Å². The summed E-state index contributed by atoms with van der Waals surface area (Å²) in [5, 5.41) is 0. The minimum Gasteiger partial charge on any atom is -0.493 e. The Morgan fingerprint density at radius 2 is 1.80 bits per heavy atom. The molecule has 0 aliphatic carbocycles. The Morgan fingerprint density at radius 3 is 2.36 bits per heavy atom. The monoisotopic (exact) mass is 348 g/mol. The largest absolute Gasteiger partial charge is 0.493 e. The fraction of sp³-hybridized carbons (Fsp3) is 0.389. The first-order chi connectivity index (χ1) is 11.9. The highest BCUT2D eigenvalue weighted by Crippen LogP contribution is 2.40. The van der Waals surface area contributed by atoms with Gasteiger partial charge in [0.05, 0.1) is 21.3 Å². The van der Waals surface area contributed by atoms with Crippen LogP contribution in [0.1, 0.15) is 18.9 Å². The van der Waals surface area contributed by atoms with Gasteiger partial charge in [0, 0.05) is 12.0 Å². The molecule has 0 amide bonds. The predicted octanol–water partition coefficient (Wildman–Crippen LogP) is 1.82. The van der Waals surface area contributed by atoms with Crippen LogP contribution in [0.2, 0.25) is 0 Å². The number of allylic oxidation sites excluding steroid dienone is 1. The van der Waals surface area contributed by atoms with E-state index < -0.39 is 29.6 Å². The standard InChI is InChI=1S/C18H20O7/c1-10-9-13(20)15(18(21)25-10)12(19)7-5-11-6-8-14(22-2)17(24-4)16(11)23-3/h5-8,10,15H,9H2,1-4H3. The first kappa shape index (κ1) is 18.5. The number of Topliss-reactive ketones (excluding diaryl/α,β-unsaturated/α-hetero) is 1. The molecular weight excluding hydrogens is 328 g/mol. The Kier molecular flexibility index (Phi) is 5.80. The number of cyclic esters (lactones) is 1. The molecule has 134 valence electrons. The van der Waals surface area contributed by atoms with Crippen molar-refractivity contribution in [3.05, 3.63) is 23.8 Å². The fourth-order valence-electron chi connectivity index (χ4n) is 2.64. The lowest BCUT2D eigenvalue weighted by molar-refractivity contribution is -0.164. The number of esters is 1. The number of carbonyl (C=O) groups is 3. The van der Waals surface area contributed by atoms with E-state index in [0.29, 0.717) is 22.8 Å². The highest BCUT2D eigenvalue weighted by molar-refractivity contribution is 6.22. The second-order valence-electron chi connectivity index (χ2n) is 5.51. The van der Waals surface area contributed by atoms with Crippen molar-refractivity contribution >= 4 is 23.6 Å². The normalized spacial score (nSPS) is 20.3. The van der Waals surface area contributed by atoms with E-state index in [4.69, 9.17) is 18.9 Å². The van der Waals surface area contributed by atoms with Gasteiger partial charge in [-0.25, -0.2) is 0 Å². The maximum Gasteiger partial charge on any atom is 0.324 e. The van der Waals surface area contributed by atoms with Gasteiger partial charge in [-0.05, 0) is 31.2 Å². The van der Waals surface area contributed by atoms with Gasteiger partial charge in [0.2, 0.25) is 5.75 Å². The van der Waals surface area contributed by atoms with Gasteiger partial charge in [-0.3, -0.25) is 14.4 Å². The van der Waals surface area contributed by atoms with Crippen LogP contribution >= 0.6 is 0 Å². The maximum absolute atomic E-state index is 12.3. The van der Waals surface area contributed by atoms with Crippen LogP contribution in [0.15, 0.2) is 18.2 Å². The van der Waals surface area contributed by atoms with Gasteiger partial charge in [-0.15, -0.1) is 0 Å². The summed E-state index contributed by atoms with van der Waals surface area (Å²) in [6, 6.07) is 3.33. The molecule has 0 aromatic heterocycles. The molecule has 1 saturated heterocycles. The zero-order chi connectivity index (χ0) is 18.6. The van der Waals surface area contributed by atoms with Crippen LogP contribution in [0.25, 0.3) is 6.08 Å². The molecule has 2 atom stereocenters. The van der Waals surface area contributed by atoms with E-state index in [1.165, 1.54) is 33.5 Å². The highest BCUT2D eigenvalue weighted by Gasteiger charge is 2.39. The Balaban J connectivity index is 2.28. The number of ether oxygens (including phenoxy) is 4. The first-order valence-electron chi connectivity index (χ1n) is 7.67. The molecule has 25 heavy (non-hydrogen) atoms. The van der Waals surface area contributed by atoms with Crippen molar-refractivity contribution in [3.63, 3.8) is 0 Å². The van der Waals surface area contributed by atoms with Gasteiger partial charge in [-0.2, -0.15) is 0 Å². The number of ketones is 2. The molecular formula is C18H20O7. The van der Waals surface area contributed by atoms with Crippen molar-refractivity contribution in [2.75, 3.05) is 21.3 Å². The number of hydrogen-bond donors (Lipinski definition) is 0. The van der Waals surface area contributed by atoms with Crippen molar-refractivity contribution < 1.29 is 33.3 Å². The van der Waals surface area contributed by atoms with Crippen LogP contribution in [-0.4, -0.2) is 45.0 Å². The van der Waals surface area contributed by atoms with Crippen LogP contribution in [-0.2, 0) is 19.1 Å². The third-order valence-corrected chi connectivity index (χ3v) is 3.81. The summed E-state index contributed by atoms with van der Waals surface area (Å²) in [6.07, 6.45) is 2.17. The Morgan fingerprint density at radius 1 is 1.12 bits per heavy atom. The maximum atomic E-state index is 12.3. The zero-order valence-corrected chi connectivity index (χ0v) is 14.5. The van der Waals surface area contributed by atoms with Gasteiger partial charge < -0.3 is 18.9 Å². The zero-order valence-electron chi connectivity index (χ0n) is 14.5. The second-order valence-corrected chi connectivity index (χ2v) is 5.51. The smallest absolute Gasteiger partial charge is 0.324 e. The molecule has 0 bridgehead atoms. The quantitative estimate of drug-likeness (QED) is 0.440. The van der Waals surface area contributed by atoms with Crippen molar-refractivity contribution in [3.8, 4) is 17.2 Å². The van der Waals surface area contributed by atoms with Crippen molar-refractivity contribution in [1.29, 1.82) is 0 Å². The summed E-state index contributed by atoms with van der Waals surface area (Å²) in [6.45, 7) is 1.61. The van der Waals surface area contributed by atoms with E-state index in [1.54, 1.807) is 19.1 Å². The number of benzene rings is 1. The Hall–Kier alpha value is -2.83. The van der Waals surface area contributed by atoms with E-state index >= 15 is 0 Å². The van der Waals surface area contributed by atoms with Gasteiger partial charge in [-0.1, -0.05) is 0 Å². The van der Waals surface area contributed by atoms with Gasteiger partial charge in [0.1, 0.15) is 6.10 Å². The molecule has 2 rings (SSSR count). The Bertz CT molecular complexity index is 702. The molecule has 7 nitrogen and oxygen atoms in total. The molecule has 7 heteroatoms. The van der Waals surface area contributed by atoms with Crippen molar-refractivity contribution in [2.24, 2.45) is 5.92 Å². The van der Waals surface area contributed by atoms with Crippen molar-refractivity contribution in [1.82, 2.24) is 0 Å². The molecule has 1 aliphatic heterocycles. The SMILES string of the molecule is COc1ccc(C=CC(=O)C2C(=O)CC(C)OC2=O)c(OC)c1OC. The highest BCUT2D eigenvalue weighted by atomic mass is 16.5. The van der Waals surface area contributed by atoms with E-state index in [9.17, 15) is 14.4 Å². The summed E-state index contributed by atoms with van der Waals surface area (Å²) < 4.78 is 20.8. The summed E-state index contributed by atoms with van der Waals surface area (Å²) >= 11 is 0. The molecule has 1 aromatic rings. The molecule has 2 unspecified atom stereocenters. The molecule has 0 saturated carbocycles. The van der Waals surface area contributed by atoms with Crippen LogP contribution in [0.4, 0.5) is 0 Å². The molecule has 1 heterocycles.